The first-order valence-electron chi connectivity index (χ1n) is 6.50. The van der Waals surface area contributed by atoms with E-state index in [4.69, 9.17) is 5.73 Å². The fraction of sp³-hybridized carbons (Fsp3) is 0.615. The van der Waals surface area contributed by atoms with E-state index in [1.54, 1.807) is 0 Å². The van der Waals surface area contributed by atoms with Gasteiger partial charge in [-0.2, -0.15) is 0 Å². The molecule has 0 amide bonds. The Hall–Kier alpha value is -0.710. The van der Waals surface area contributed by atoms with Crippen molar-refractivity contribution >= 4 is 36.3 Å². The topological polar surface area (TPSA) is 54.2 Å². The second-order valence-corrected chi connectivity index (χ2v) is 4.67. The number of hydrogen-bond acceptors (Lipinski definition) is 4. The molecule has 6 heteroatoms. The molecule has 0 radical (unpaired) electrons. The zero-order chi connectivity index (χ0) is 12.1. The largest absolute Gasteiger partial charge is 0.370 e. The summed E-state index contributed by atoms with van der Waals surface area (Å²) in [6.45, 7) is 5.20. The summed E-state index contributed by atoms with van der Waals surface area (Å²) in [7, 11) is 0. The van der Waals surface area contributed by atoms with Crippen molar-refractivity contribution in [2.45, 2.75) is 32.2 Å². The summed E-state index contributed by atoms with van der Waals surface area (Å²) in [4.78, 5) is 6.66. The van der Waals surface area contributed by atoms with Crippen molar-refractivity contribution in [2.75, 3.05) is 29.9 Å². The highest BCUT2D eigenvalue weighted by Gasteiger charge is 2.19. The van der Waals surface area contributed by atoms with E-state index in [0.717, 1.165) is 31.9 Å². The molecule has 3 N–H and O–H groups in total. The number of hydrogen-bond donors (Lipinski definition) is 2. The van der Waals surface area contributed by atoms with Gasteiger partial charge in [0.1, 0.15) is 5.82 Å². The number of nitrogens with zero attached hydrogens (tertiary/aromatic N) is 2. The van der Waals surface area contributed by atoms with Crippen LogP contribution in [0.15, 0.2) is 18.3 Å². The molecule has 0 aromatic carbocycles. The van der Waals surface area contributed by atoms with Gasteiger partial charge < -0.3 is 16.0 Å². The predicted octanol–water partition coefficient (Wildman–Crippen LogP) is 2.67. The molecule has 0 aliphatic carbocycles. The highest BCUT2D eigenvalue weighted by molar-refractivity contribution is 5.85. The minimum atomic E-state index is 0. The van der Waals surface area contributed by atoms with Crippen LogP contribution in [-0.4, -0.2) is 30.7 Å². The Bertz CT molecular complexity index is 362. The quantitative estimate of drug-likeness (QED) is 0.821. The van der Waals surface area contributed by atoms with Crippen molar-refractivity contribution in [1.29, 1.82) is 0 Å². The van der Waals surface area contributed by atoms with Crippen molar-refractivity contribution in [3.05, 3.63) is 18.3 Å². The molecule has 1 fully saturated rings. The summed E-state index contributed by atoms with van der Waals surface area (Å²) in [5, 5.41) is 3.35. The van der Waals surface area contributed by atoms with Crippen LogP contribution in [0.3, 0.4) is 0 Å². The van der Waals surface area contributed by atoms with Crippen LogP contribution in [-0.2, 0) is 0 Å². The molecule has 0 saturated carbocycles. The van der Waals surface area contributed by atoms with Gasteiger partial charge in [-0.25, -0.2) is 4.98 Å². The second kappa shape index (κ2) is 9.23. The molecule has 2 heterocycles. The van der Waals surface area contributed by atoms with Gasteiger partial charge in [-0.15, -0.1) is 24.8 Å². The maximum Gasteiger partial charge on any atom is 0.127 e. The zero-order valence-corrected chi connectivity index (χ0v) is 13.0. The van der Waals surface area contributed by atoms with Gasteiger partial charge in [-0.05, 0) is 18.9 Å². The Balaban J connectivity index is 0.00000162. The predicted molar refractivity (Wildman–Crippen MR) is 86.9 cm³/mol. The molecule has 1 saturated heterocycles. The molecule has 1 aromatic heterocycles. The summed E-state index contributed by atoms with van der Waals surface area (Å²) in [5.74, 6) is 0.969. The lowest BCUT2D eigenvalue weighted by Crippen LogP contribution is -2.26. The molecule has 19 heavy (non-hydrogen) atoms. The van der Waals surface area contributed by atoms with E-state index in [2.05, 4.69) is 34.3 Å². The number of nitrogens with two attached hydrogens (primary N) is 1. The first-order valence-corrected chi connectivity index (χ1v) is 6.50. The van der Waals surface area contributed by atoms with Gasteiger partial charge in [-0.3, -0.25) is 0 Å². The van der Waals surface area contributed by atoms with E-state index in [0.29, 0.717) is 6.04 Å². The monoisotopic (exact) mass is 306 g/mol. The van der Waals surface area contributed by atoms with Crippen LogP contribution < -0.4 is 16.0 Å². The Morgan fingerprint density at radius 3 is 2.89 bits per heavy atom. The molecule has 4 nitrogen and oxygen atoms in total. The smallest absolute Gasteiger partial charge is 0.127 e. The minimum absolute atomic E-state index is 0. The number of pyridine rings is 1. The van der Waals surface area contributed by atoms with E-state index in [1.807, 2.05) is 6.20 Å². The maximum atomic E-state index is 5.93. The third kappa shape index (κ3) is 5.43. The molecular weight excluding hydrogens is 283 g/mol. The van der Waals surface area contributed by atoms with Crippen molar-refractivity contribution in [3.8, 4) is 0 Å². The first kappa shape index (κ1) is 18.3. The Morgan fingerprint density at radius 1 is 1.47 bits per heavy atom. The average Bonchev–Trinajstić information content (AvgIpc) is 2.77. The summed E-state index contributed by atoms with van der Waals surface area (Å²) < 4.78 is 0. The van der Waals surface area contributed by atoms with Crippen LogP contribution in [0.1, 0.15) is 26.2 Å². The standard InChI is InChI=1S/C13H22N4.2ClH/c1-2-3-6-15-13-9-12(4-7-16-13)17-8-5-11(14)10-17;;/h4,7,9,11H,2-3,5-6,8,10,14H2,1H3,(H,15,16);2*1H. The lowest BCUT2D eigenvalue weighted by molar-refractivity contribution is 0.752. The van der Waals surface area contributed by atoms with E-state index < -0.39 is 0 Å². The number of halogens is 2. The van der Waals surface area contributed by atoms with E-state index in [-0.39, 0.29) is 24.8 Å². The number of rotatable bonds is 5. The highest BCUT2D eigenvalue weighted by atomic mass is 35.5. The van der Waals surface area contributed by atoms with Crippen LogP contribution in [0.25, 0.3) is 0 Å². The molecule has 110 valence electrons. The van der Waals surface area contributed by atoms with Crippen molar-refractivity contribution in [3.63, 3.8) is 0 Å². The molecule has 1 aliphatic rings. The van der Waals surface area contributed by atoms with Crippen LogP contribution >= 0.6 is 24.8 Å². The first-order chi connectivity index (χ1) is 8.29. The van der Waals surface area contributed by atoms with Gasteiger partial charge in [0.2, 0.25) is 0 Å². The molecular formula is C13H24Cl2N4. The number of anilines is 2. The second-order valence-electron chi connectivity index (χ2n) is 4.67. The van der Waals surface area contributed by atoms with Crippen molar-refractivity contribution in [1.82, 2.24) is 4.98 Å². The highest BCUT2D eigenvalue weighted by Crippen LogP contribution is 2.21. The van der Waals surface area contributed by atoms with Gasteiger partial charge in [0, 0.05) is 43.6 Å². The van der Waals surface area contributed by atoms with Crippen molar-refractivity contribution < 1.29 is 0 Å². The lowest BCUT2D eigenvalue weighted by Gasteiger charge is -2.18. The Kier molecular flexibility index (Phi) is 8.89. The SMILES string of the molecule is CCCCNc1cc(N2CCC(N)C2)ccn1.Cl.Cl. The number of nitrogens with one attached hydrogen (secondary N) is 1. The number of aromatic nitrogens is 1. The Morgan fingerprint density at radius 2 is 2.26 bits per heavy atom. The van der Waals surface area contributed by atoms with E-state index >= 15 is 0 Å². The summed E-state index contributed by atoms with van der Waals surface area (Å²) in [6.07, 6.45) is 5.34. The third-order valence-electron chi connectivity index (χ3n) is 3.17. The van der Waals surface area contributed by atoms with E-state index in [1.165, 1.54) is 18.5 Å². The normalized spacial score (nSPS) is 17.6. The number of unbranched alkanes of at least 4 members (excludes halogenated alkanes) is 1. The molecule has 0 spiro atoms. The zero-order valence-electron chi connectivity index (χ0n) is 11.3. The van der Waals surface area contributed by atoms with Crippen LogP contribution in [0, 0.1) is 0 Å². The lowest BCUT2D eigenvalue weighted by atomic mass is 10.3. The van der Waals surface area contributed by atoms with Gasteiger partial charge in [-0.1, -0.05) is 13.3 Å². The van der Waals surface area contributed by atoms with Gasteiger partial charge in [0.25, 0.3) is 0 Å². The average molecular weight is 307 g/mol. The summed E-state index contributed by atoms with van der Waals surface area (Å²) in [6, 6.07) is 4.50. The van der Waals surface area contributed by atoms with Crippen LogP contribution in [0.2, 0.25) is 0 Å². The third-order valence-corrected chi connectivity index (χ3v) is 3.17. The molecule has 2 rings (SSSR count). The molecule has 1 aromatic rings. The molecule has 1 unspecified atom stereocenters. The van der Waals surface area contributed by atoms with Gasteiger partial charge >= 0.3 is 0 Å². The summed E-state index contributed by atoms with van der Waals surface area (Å²) in [5.41, 5.74) is 7.15. The van der Waals surface area contributed by atoms with Crippen LogP contribution in [0.4, 0.5) is 11.5 Å². The Labute approximate surface area is 128 Å². The molecule has 1 aliphatic heterocycles. The maximum absolute atomic E-state index is 5.93. The van der Waals surface area contributed by atoms with Crippen molar-refractivity contribution in [2.24, 2.45) is 5.73 Å². The fourth-order valence-corrected chi connectivity index (χ4v) is 2.13. The van der Waals surface area contributed by atoms with E-state index in [9.17, 15) is 0 Å². The van der Waals surface area contributed by atoms with Crippen LogP contribution in [0.5, 0.6) is 0 Å². The van der Waals surface area contributed by atoms with Gasteiger partial charge in [0.05, 0.1) is 0 Å². The fourth-order valence-electron chi connectivity index (χ4n) is 2.13. The van der Waals surface area contributed by atoms with Gasteiger partial charge in [0.15, 0.2) is 0 Å². The minimum Gasteiger partial charge on any atom is -0.370 e. The molecule has 1 atom stereocenters. The molecule has 0 bridgehead atoms. The summed E-state index contributed by atoms with van der Waals surface area (Å²) >= 11 is 0.